The molecular formula is C16H16BrClFN. The highest BCUT2D eigenvalue weighted by Gasteiger charge is 2.16. The zero-order valence-electron chi connectivity index (χ0n) is 11.4. The van der Waals surface area contributed by atoms with Crippen LogP contribution in [-0.2, 0) is 0 Å². The predicted molar refractivity (Wildman–Crippen MR) is 85.8 cm³/mol. The van der Waals surface area contributed by atoms with E-state index in [4.69, 9.17) is 11.6 Å². The van der Waals surface area contributed by atoms with Crippen LogP contribution in [0.3, 0.4) is 0 Å². The smallest absolute Gasteiger partial charge is 0.137 e. The van der Waals surface area contributed by atoms with Crippen LogP contribution in [0.5, 0.6) is 0 Å². The van der Waals surface area contributed by atoms with E-state index in [0.717, 1.165) is 23.2 Å². The van der Waals surface area contributed by atoms with E-state index in [1.54, 1.807) is 6.07 Å². The van der Waals surface area contributed by atoms with Crippen LogP contribution in [0.4, 0.5) is 4.39 Å². The summed E-state index contributed by atoms with van der Waals surface area (Å²) in [6, 6.07) is 10.9. The number of hydrogen-bond donors (Lipinski definition) is 1. The van der Waals surface area contributed by atoms with Crippen molar-refractivity contribution >= 4 is 27.5 Å². The molecule has 0 saturated carbocycles. The van der Waals surface area contributed by atoms with E-state index in [0.29, 0.717) is 9.50 Å². The molecule has 1 nitrogen and oxygen atoms in total. The van der Waals surface area contributed by atoms with Gasteiger partial charge in [-0.25, -0.2) is 4.39 Å². The van der Waals surface area contributed by atoms with Gasteiger partial charge in [-0.15, -0.1) is 0 Å². The molecule has 0 aliphatic rings. The van der Waals surface area contributed by atoms with Gasteiger partial charge in [-0.1, -0.05) is 30.7 Å². The van der Waals surface area contributed by atoms with E-state index in [-0.39, 0.29) is 11.9 Å². The molecule has 0 aliphatic carbocycles. The third-order valence-corrected chi connectivity index (χ3v) is 4.08. The number of halogens is 3. The molecule has 4 heteroatoms. The minimum Gasteiger partial charge on any atom is -0.307 e. The minimum absolute atomic E-state index is 0.00407. The van der Waals surface area contributed by atoms with Crippen LogP contribution in [0.15, 0.2) is 40.9 Å². The number of aryl methyl sites for hydroxylation is 1. The standard InChI is InChI=1S/C16H16BrClFN/c1-3-20-16(11-5-7-15(19)14(17)8-11)13-9-12(18)6-4-10(13)2/h4-9,16,20H,3H2,1-2H3. The van der Waals surface area contributed by atoms with Gasteiger partial charge in [0, 0.05) is 5.02 Å². The molecule has 0 bridgehead atoms. The molecular weight excluding hydrogens is 341 g/mol. The molecule has 0 heterocycles. The van der Waals surface area contributed by atoms with Crippen LogP contribution < -0.4 is 5.32 Å². The van der Waals surface area contributed by atoms with Gasteiger partial charge in [0.25, 0.3) is 0 Å². The van der Waals surface area contributed by atoms with Crippen molar-refractivity contribution in [2.24, 2.45) is 0 Å². The van der Waals surface area contributed by atoms with Gasteiger partial charge in [-0.05, 0) is 70.4 Å². The second-order valence-corrected chi connectivity index (χ2v) is 5.96. The monoisotopic (exact) mass is 355 g/mol. The maximum atomic E-state index is 13.4. The molecule has 0 radical (unpaired) electrons. The van der Waals surface area contributed by atoms with E-state index >= 15 is 0 Å². The predicted octanol–water partition coefficient (Wildman–Crippen LogP) is 5.25. The molecule has 2 aromatic rings. The Morgan fingerprint density at radius 1 is 1.25 bits per heavy atom. The Morgan fingerprint density at radius 3 is 2.65 bits per heavy atom. The SMILES string of the molecule is CCNC(c1ccc(F)c(Br)c1)c1cc(Cl)ccc1C. The largest absolute Gasteiger partial charge is 0.307 e. The molecule has 2 aromatic carbocycles. The van der Waals surface area contributed by atoms with Crippen molar-refractivity contribution in [3.63, 3.8) is 0 Å². The normalized spacial score (nSPS) is 12.4. The number of rotatable bonds is 4. The van der Waals surface area contributed by atoms with Gasteiger partial charge < -0.3 is 5.32 Å². The summed E-state index contributed by atoms with van der Waals surface area (Å²) < 4.78 is 13.9. The first-order valence-electron chi connectivity index (χ1n) is 6.47. The molecule has 0 aromatic heterocycles. The Bertz CT molecular complexity index is 615. The van der Waals surface area contributed by atoms with Crippen molar-refractivity contribution < 1.29 is 4.39 Å². The molecule has 1 N–H and O–H groups in total. The second-order valence-electron chi connectivity index (χ2n) is 4.67. The number of benzene rings is 2. The van der Waals surface area contributed by atoms with Gasteiger partial charge in [0.05, 0.1) is 10.5 Å². The van der Waals surface area contributed by atoms with Gasteiger partial charge in [0.1, 0.15) is 5.82 Å². The van der Waals surface area contributed by atoms with E-state index in [1.165, 1.54) is 6.07 Å². The Labute approximate surface area is 132 Å². The summed E-state index contributed by atoms with van der Waals surface area (Å²) in [5.41, 5.74) is 3.27. The second kappa shape index (κ2) is 6.70. The van der Waals surface area contributed by atoms with E-state index < -0.39 is 0 Å². The maximum Gasteiger partial charge on any atom is 0.137 e. The zero-order chi connectivity index (χ0) is 14.7. The first-order chi connectivity index (χ1) is 9.52. The third-order valence-electron chi connectivity index (χ3n) is 3.24. The minimum atomic E-state index is -0.258. The lowest BCUT2D eigenvalue weighted by Crippen LogP contribution is -2.22. The first kappa shape index (κ1) is 15.5. The van der Waals surface area contributed by atoms with Gasteiger partial charge in [0.15, 0.2) is 0 Å². The van der Waals surface area contributed by atoms with E-state index in [9.17, 15) is 4.39 Å². The zero-order valence-corrected chi connectivity index (χ0v) is 13.7. The van der Waals surface area contributed by atoms with Crippen LogP contribution in [0, 0.1) is 12.7 Å². The summed E-state index contributed by atoms with van der Waals surface area (Å²) in [5, 5.41) is 4.13. The van der Waals surface area contributed by atoms with Gasteiger partial charge in [0.2, 0.25) is 0 Å². The third kappa shape index (κ3) is 3.40. The molecule has 0 saturated heterocycles. The van der Waals surface area contributed by atoms with E-state index in [1.807, 2.05) is 31.2 Å². The lowest BCUT2D eigenvalue weighted by Gasteiger charge is -2.21. The fraction of sp³-hybridized carbons (Fsp3) is 0.250. The lowest BCUT2D eigenvalue weighted by atomic mass is 9.95. The molecule has 20 heavy (non-hydrogen) atoms. The summed E-state index contributed by atoms with van der Waals surface area (Å²) in [6.07, 6.45) is 0. The highest BCUT2D eigenvalue weighted by molar-refractivity contribution is 9.10. The van der Waals surface area contributed by atoms with Crippen molar-refractivity contribution in [3.8, 4) is 0 Å². The van der Waals surface area contributed by atoms with Crippen molar-refractivity contribution in [2.45, 2.75) is 19.9 Å². The van der Waals surface area contributed by atoms with Crippen LogP contribution >= 0.6 is 27.5 Å². The van der Waals surface area contributed by atoms with Crippen LogP contribution in [0.1, 0.15) is 29.7 Å². The first-order valence-corrected chi connectivity index (χ1v) is 7.64. The fourth-order valence-corrected chi connectivity index (χ4v) is 2.80. The Balaban J connectivity index is 2.49. The molecule has 1 unspecified atom stereocenters. The van der Waals surface area contributed by atoms with Gasteiger partial charge in [-0.2, -0.15) is 0 Å². The summed E-state index contributed by atoms with van der Waals surface area (Å²) in [4.78, 5) is 0. The van der Waals surface area contributed by atoms with Crippen LogP contribution in [0.2, 0.25) is 5.02 Å². The molecule has 1 atom stereocenters. The van der Waals surface area contributed by atoms with Crippen LogP contribution in [-0.4, -0.2) is 6.54 Å². The topological polar surface area (TPSA) is 12.0 Å². The molecule has 0 fully saturated rings. The summed E-state index contributed by atoms with van der Waals surface area (Å²) in [5.74, 6) is -0.258. The number of nitrogens with one attached hydrogen (secondary N) is 1. The summed E-state index contributed by atoms with van der Waals surface area (Å²) in [6.45, 7) is 4.91. The molecule has 2 rings (SSSR count). The maximum absolute atomic E-state index is 13.4. The molecule has 106 valence electrons. The van der Waals surface area contributed by atoms with Gasteiger partial charge in [-0.3, -0.25) is 0 Å². The van der Waals surface area contributed by atoms with Crippen molar-refractivity contribution in [1.82, 2.24) is 5.32 Å². The van der Waals surface area contributed by atoms with Crippen LogP contribution in [0.25, 0.3) is 0 Å². The van der Waals surface area contributed by atoms with E-state index in [2.05, 4.69) is 28.2 Å². The average Bonchev–Trinajstić information content (AvgIpc) is 2.42. The Kier molecular flexibility index (Phi) is 5.19. The quantitative estimate of drug-likeness (QED) is 0.789. The Morgan fingerprint density at radius 2 is 2.00 bits per heavy atom. The highest BCUT2D eigenvalue weighted by atomic mass is 79.9. The fourth-order valence-electron chi connectivity index (χ4n) is 2.23. The van der Waals surface area contributed by atoms with Gasteiger partial charge >= 0.3 is 0 Å². The highest BCUT2D eigenvalue weighted by Crippen LogP contribution is 2.29. The lowest BCUT2D eigenvalue weighted by molar-refractivity contribution is 0.607. The van der Waals surface area contributed by atoms with Crippen molar-refractivity contribution in [1.29, 1.82) is 0 Å². The summed E-state index contributed by atoms with van der Waals surface area (Å²) >= 11 is 9.35. The number of hydrogen-bond acceptors (Lipinski definition) is 1. The average molecular weight is 357 g/mol. The van der Waals surface area contributed by atoms with Crippen molar-refractivity contribution in [3.05, 3.63) is 68.4 Å². The summed E-state index contributed by atoms with van der Waals surface area (Å²) in [7, 11) is 0. The molecule has 0 spiro atoms. The Hall–Kier alpha value is -0.900. The molecule has 0 aliphatic heterocycles. The van der Waals surface area contributed by atoms with Crippen molar-refractivity contribution in [2.75, 3.05) is 6.54 Å². The molecule has 0 amide bonds.